The van der Waals surface area contributed by atoms with Crippen LogP contribution in [0.25, 0.3) is 0 Å². The monoisotopic (exact) mass is 266 g/mol. The molecule has 2 rings (SSSR count). The minimum atomic E-state index is -0.844. The van der Waals surface area contributed by atoms with Crippen LogP contribution in [0.3, 0.4) is 0 Å². The first kappa shape index (κ1) is 13.1. The average Bonchev–Trinajstić information content (AvgIpc) is 2.34. The zero-order valence-corrected chi connectivity index (χ0v) is 10.6. The van der Waals surface area contributed by atoms with Crippen LogP contribution in [0, 0.1) is 18.6 Å². The third-order valence-electron chi connectivity index (χ3n) is 2.61. The van der Waals surface area contributed by atoms with Crippen LogP contribution in [0.5, 0.6) is 0 Å². The van der Waals surface area contributed by atoms with E-state index in [1.165, 1.54) is 17.8 Å². The molecule has 94 valence electrons. The van der Waals surface area contributed by atoms with Crippen molar-refractivity contribution in [1.29, 1.82) is 0 Å². The lowest BCUT2D eigenvalue weighted by Gasteiger charge is -2.06. The number of aliphatic hydroxyl groups is 1. The van der Waals surface area contributed by atoms with Crippen molar-refractivity contribution in [2.75, 3.05) is 0 Å². The summed E-state index contributed by atoms with van der Waals surface area (Å²) in [6.07, 6.45) is 0. The maximum absolute atomic E-state index is 13.1. The summed E-state index contributed by atoms with van der Waals surface area (Å²) in [6, 6.07) is 9.43. The molecular weight excluding hydrogens is 254 g/mol. The lowest BCUT2D eigenvalue weighted by Crippen LogP contribution is -1.88. The lowest BCUT2D eigenvalue weighted by molar-refractivity contribution is 0.281. The molecule has 0 spiro atoms. The highest BCUT2D eigenvalue weighted by Crippen LogP contribution is 2.30. The van der Waals surface area contributed by atoms with Gasteiger partial charge in [-0.15, -0.1) is 0 Å². The third kappa shape index (κ3) is 2.89. The molecule has 0 aliphatic carbocycles. The van der Waals surface area contributed by atoms with Crippen LogP contribution in [0.15, 0.2) is 46.2 Å². The Bertz CT molecular complexity index is 570. The van der Waals surface area contributed by atoms with Crippen molar-refractivity contribution < 1.29 is 13.9 Å². The van der Waals surface area contributed by atoms with Gasteiger partial charge in [0.15, 0.2) is 11.6 Å². The lowest BCUT2D eigenvalue weighted by atomic mass is 10.1. The first-order chi connectivity index (χ1) is 8.60. The van der Waals surface area contributed by atoms with Crippen molar-refractivity contribution in [1.82, 2.24) is 0 Å². The second-order valence-electron chi connectivity index (χ2n) is 3.92. The van der Waals surface area contributed by atoms with E-state index in [1.54, 1.807) is 6.07 Å². The minimum absolute atomic E-state index is 0.00194. The van der Waals surface area contributed by atoms with Crippen LogP contribution >= 0.6 is 11.8 Å². The fourth-order valence-corrected chi connectivity index (χ4v) is 2.53. The van der Waals surface area contributed by atoms with Gasteiger partial charge in [-0.3, -0.25) is 0 Å². The molecule has 0 amide bonds. The summed E-state index contributed by atoms with van der Waals surface area (Å²) >= 11 is 1.36. The third-order valence-corrected chi connectivity index (χ3v) is 3.59. The van der Waals surface area contributed by atoms with Crippen LogP contribution in [0.2, 0.25) is 0 Å². The number of halogens is 2. The van der Waals surface area contributed by atoms with E-state index in [2.05, 4.69) is 0 Å². The Morgan fingerprint density at radius 2 is 1.67 bits per heavy atom. The fourth-order valence-electron chi connectivity index (χ4n) is 1.59. The van der Waals surface area contributed by atoms with Gasteiger partial charge in [0.25, 0.3) is 0 Å². The smallest absolute Gasteiger partial charge is 0.159 e. The highest BCUT2D eigenvalue weighted by atomic mass is 32.2. The molecule has 2 aromatic carbocycles. The summed E-state index contributed by atoms with van der Waals surface area (Å²) in [6.45, 7) is 1.91. The van der Waals surface area contributed by atoms with Crippen LogP contribution in [0.1, 0.15) is 11.1 Å². The molecule has 0 heterocycles. The molecule has 0 saturated heterocycles. The Balaban J connectivity index is 2.23. The average molecular weight is 266 g/mol. The van der Waals surface area contributed by atoms with Crippen molar-refractivity contribution in [2.45, 2.75) is 23.3 Å². The molecule has 0 bridgehead atoms. The highest BCUT2D eigenvalue weighted by Gasteiger charge is 2.05. The molecule has 1 nitrogen and oxygen atoms in total. The summed E-state index contributed by atoms with van der Waals surface area (Å²) in [7, 11) is 0. The molecule has 0 radical (unpaired) electrons. The summed E-state index contributed by atoms with van der Waals surface area (Å²) < 4.78 is 25.8. The van der Waals surface area contributed by atoms with Gasteiger partial charge in [-0.25, -0.2) is 8.78 Å². The van der Waals surface area contributed by atoms with E-state index in [9.17, 15) is 8.78 Å². The van der Waals surface area contributed by atoms with Crippen molar-refractivity contribution in [3.05, 3.63) is 59.2 Å². The zero-order valence-electron chi connectivity index (χ0n) is 9.78. The predicted molar refractivity (Wildman–Crippen MR) is 67.6 cm³/mol. The Labute approximate surface area is 108 Å². The number of rotatable bonds is 3. The Hall–Kier alpha value is -1.39. The molecule has 0 aromatic heterocycles. The van der Waals surface area contributed by atoms with Gasteiger partial charge < -0.3 is 5.11 Å². The Morgan fingerprint density at radius 3 is 2.28 bits per heavy atom. The number of aryl methyl sites for hydroxylation is 1. The van der Waals surface area contributed by atoms with E-state index >= 15 is 0 Å². The molecular formula is C14H12F2OS. The van der Waals surface area contributed by atoms with Crippen molar-refractivity contribution in [2.24, 2.45) is 0 Å². The summed E-state index contributed by atoms with van der Waals surface area (Å²) in [5, 5.41) is 9.07. The van der Waals surface area contributed by atoms with Crippen LogP contribution in [0.4, 0.5) is 8.78 Å². The van der Waals surface area contributed by atoms with Gasteiger partial charge in [0.2, 0.25) is 0 Å². The van der Waals surface area contributed by atoms with E-state index in [0.717, 1.165) is 22.1 Å². The number of benzene rings is 2. The van der Waals surface area contributed by atoms with Crippen molar-refractivity contribution >= 4 is 11.8 Å². The van der Waals surface area contributed by atoms with E-state index in [4.69, 9.17) is 5.11 Å². The molecule has 2 aromatic rings. The van der Waals surface area contributed by atoms with Gasteiger partial charge >= 0.3 is 0 Å². The van der Waals surface area contributed by atoms with Crippen molar-refractivity contribution in [3.8, 4) is 0 Å². The zero-order chi connectivity index (χ0) is 13.1. The number of hydrogen-bond acceptors (Lipinski definition) is 2. The standard InChI is InChI=1S/C14H12F2OS/c1-9-6-11(3-2-10(9)8-17)18-12-4-5-13(15)14(16)7-12/h2-7,17H,8H2,1H3. The quantitative estimate of drug-likeness (QED) is 0.908. The molecule has 0 atom stereocenters. The van der Waals surface area contributed by atoms with Gasteiger partial charge in [0, 0.05) is 9.79 Å². The topological polar surface area (TPSA) is 20.2 Å². The molecule has 1 N–H and O–H groups in total. The van der Waals surface area contributed by atoms with Crippen LogP contribution in [-0.4, -0.2) is 5.11 Å². The van der Waals surface area contributed by atoms with E-state index in [0.29, 0.717) is 4.90 Å². The molecule has 0 saturated carbocycles. The molecule has 4 heteroatoms. The summed E-state index contributed by atoms with van der Waals surface area (Å²) in [4.78, 5) is 1.57. The summed E-state index contributed by atoms with van der Waals surface area (Å²) in [5.74, 6) is -1.69. The van der Waals surface area contributed by atoms with E-state index in [1.807, 2.05) is 25.1 Å². The van der Waals surface area contributed by atoms with Gasteiger partial charge in [-0.05, 0) is 48.4 Å². The molecule has 0 fully saturated rings. The van der Waals surface area contributed by atoms with Crippen LogP contribution in [-0.2, 0) is 6.61 Å². The molecule has 0 aliphatic heterocycles. The SMILES string of the molecule is Cc1cc(Sc2ccc(F)c(F)c2)ccc1CO. The van der Waals surface area contributed by atoms with Gasteiger partial charge in [0.05, 0.1) is 6.61 Å². The van der Waals surface area contributed by atoms with E-state index in [-0.39, 0.29) is 6.61 Å². The van der Waals surface area contributed by atoms with Crippen LogP contribution < -0.4 is 0 Å². The first-order valence-electron chi connectivity index (χ1n) is 5.43. The molecule has 18 heavy (non-hydrogen) atoms. The largest absolute Gasteiger partial charge is 0.392 e. The Morgan fingerprint density at radius 1 is 1.00 bits per heavy atom. The van der Waals surface area contributed by atoms with Gasteiger partial charge in [0.1, 0.15) is 0 Å². The normalized spacial score (nSPS) is 10.7. The maximum Gasteiger partial charge on any atom is 0.159 e. The van der Waals surface area contributed by atoms with Crippen molar-refractivity contribution in [3.63, 3.8) is 0 Å². The molecule has 0 aliphatic rings. The van der Waals surface area contributed by atoms with E-state index < -0.39 is 11.6 Å². The number of aliphatic hydroxyl groups excluding tert-OH is 1. The molecule has 0 unspecified atom stereocenters. The minimum Gasteiger partial charge on any atom is -0.392 e. The Kier molecular flexibility index (Phi) is 3.99. The summed E-state index contributed by atoms with van der Waals surface area (Å²) in [5.41, 5.74) is 1.84. The predicted octanol–water partition coefficient (Wildman–Crippen LogP) is 3.92. The van der Waals surface area contributed by atoms with Gasteiger partial charge in [-0.1, -0.05) is 17.8 Å². The second kappa shape index (κ2) is 5.50. The fraction of sp³-hybridized carbons (Fsp3) is 0.143. The van der Waals surface area contributed by atoms with Gasteiger partial charge in [-0.2, -0.15) is 0 Å². The highest BCUT2D eigenvalue weighted by molar-refractivity contribution is 7.99. The maximum atomic E-state index is 13.1. The number of hydrogen-bond donors (Lipinski definition) is 1. The second-order valence-corrected chi connectivity index (χ2v) is 5.07. The first-order valence-corrected chi connectivity index (χ1v) is 6.25.